The molecule has 1 rings (SSSR count). The molecule has 21 heavy (non-hydrogen) atoms. The number of hydrogen-bond donors (Lipinski definition) is 2. The van der Waals surface area contributed by atoms with Gasteiger partial charge in [-0.1, -0.05) is 12.1 Å². The van der Waals surface area contributed by atoms with Crippen LogP contribution in [0.1, 0.15) is 30.1 Å². The Hall–Kier alpha value is -1.59. The van der Waals surface area contributed by atoms with Gasteiger partial charge in [0.2, 0.25) is 5.91 Å². The van der Waals surface area contributed by atoms with E-state index in [1.165, 1.54) is 0 Å². The van der Waals surface area contributed by atoms with Gasteiger partial charge in [-0.25, -0.2) is 0 Å². The van der Waals surface area contributed by atoms with Crippen molar-refractivity contribution in [2.45, 2.75) is 19.8 Å². The van der Waals surface area contributed by atoms with Gasteiger partial charge in [-0.3, -0.25) is 9.59 Å². The van der Waals surface area contributed by atoms with Crippen molar-refractivity contribution in [1.82, 2.24) is 5.32 Å². The maximum atomic E-state index is 12.1. The molecule has 116 valence electrons. The first-order valence-corrected chi connectivity index (χ1v) is 7.53. The highest BCUT2D eigenvalue weighted by molar-refractivity contribution is 6.19. The number of benzene rings is 1. The van der Waals surface area contributed by atoms with Crippen molar-refractivity contribution in [2.24, 2.45) is 0 Å². The highest BCUT2D eigenvalue weighted by atomic mass is 35.5. The molecule has 0 saturated carbocycles. The first kappa shape index (κ1) is 17.5. The lowest BCUT2D eigenvalue weighted by atomic mass is 10.1. The molecule has 0 aromatic heterocycles. The molecule has 1 aromatic carbocycles. The summed E-state index contributed by atoms with van der Waals surface area (Å²) in [7, 11) is 0. The van der Waals surface area contributed by atoms with E-state index in [9.17, 15) is 9.59 Å². The summed E-state index contributed by atoms with van der Waals surface area (Å²) in [6.45, 7) is 3.75. The van der Waals surface area contributed by atoms with E-state index in [-0.39, 0.29) is 24.1 Å². The van der Waals surface area contributed by atoms with Gasteiger partial charge in [0, 0.05) is 32.1 Å². The van der Waals surface area contributed by atoms with Gasteiger partial charge in [-0.2, -0.15) is 0 Å². The first-order valence-electron chi connectivity index (χ1n) is 6.99. The fourth-order valence-electron chi connectivity index (χ4n) is 1.70. The molecule has 0 fully saturated rings. The Morgan fingerprint density at radius 3 is 2.76 bits per heavy atom. The number of hydrogen-bond acceptors (Lipinski definition) is 3. The molecule has 0 aliphatic carbocycles. The van der Waals surface area contributed by atoms with E-state index < -0.39 is 0 Å². The largest absolute Gasteiger partial charge is 0.382 e. The van der Waals surface area contributed by atoms with Crippen LogP contribution >= 0.6 is 11.6 Å². The summed E-state index contributed by atoms with van der Waals surface area (Å²) >= 11 is 5.52. The van der Waals surface area contributed by atoms with Crippen LogP contribution in [0.2, 0.25) is 0 Å². The van der Waals surface area contributed by atoms with Crippen LogP contribution in [0.3, 0.4) is 0 Å². The molecule has 0 saturated heterocycles. The summed E-state index contributed by atoms with van der Waals surface area (Å²) in [4.78, 5) is 23.7. The fraction of sp³-hybridized carbons (Fsp3) is 0.467. The quantitative estimate of drug-likeness (QED) is 0.543. The number of amides is 2. The minimum absolute atomic E-state index is 0.207. The third kappa shape index (κ3) is 6.60. The van der Waals surface area contributed by atoms with Gasteiger partial charge in [0.25, 0.3) is 5.91 Å². The van der Waals surface area contributed by atoms with E-state index in [0.29, 0.717) is 31.0 Å². The zero-order valence-electron chi connectivity index (χ0n) is 12.2. The molecule has 0 heterocycles. The van der Waals surface area contributed by atoms with Crippen molar-refractivity contribution in [2.75, 3.05) is 31.0 Å². The van der Waals surface area contributed by atoms with Crippen molar-refractivity contribution < 1.29 is 14.3 Å². The molecule has 5 nitrogen and oxygen atoms in total. The standard InChI is InChI=1S/C15H21ClN2O3/c1-2-21-11-5-10-17-15(20)12-6-3-4-7-13(12)18-14(19)8-9-16/h3-4,6-7H,2,5,8-11H2,1H3,(H,17,20)(H,18,19). The number of ether oxygens (including phenoxy) is 1. The molecule has 0 spiro atoms. The molecule has 0 aliphatic heterocycles. The summed E-state index contributed by atoms with van der Waals surface area (Å²) < 4.78 is 5.20. The second kappa shape index (κ2) is 10.2. The van der Waals surface area contributed by atoms with Crippen molar-refractivity contribution in [3.05, 3.63) is 29.8 Å². The van der Waals surface area contributed by atoms with Crippen LogP contribution < -0.4 is 10.6 Å². The number of anilines is 1. The molecular formula is C15H21ClN2O3. The van der Waals surface area contributed by atoms with E-state index >= 15 is 0 Å². The van der Waals surface area contributed by atoms with E-state index in [4.69, 9.17) is 16.3 Å². The second-order valence-electron chi connectivity index (χ2n) is 4.34. The van der Waals surface area contributed by atoms with E-state index in [0.717, 1.165) is 6.42 Å². The smallest absolute Gasteiger partial charge is 0.253 e. The molecule has 0 radical (unpaired) electrons. The van der Waals surface area contributed by atoms with Crippen LogP contribution in [0.5, 0.6) is 0 Å². The van der Waals surface area contributed by atoms with Crippen molar-refractivity contribution in [1.29, 1.82) is 0 Å². The SMILES string of the molecule is CCOCCCNC(=O)c1ccccc1NC(=O)CCCl. The van der Waals surface area contributed by atoms with E-state index in [1.807, 2.05) is 6.92 Å². The lowest BCUT2D eigenvalue weighted by Gasteiger charge is -2.11. The van der Waals surface area contributed by atoms with Gasteiger partial charge >= 0.3 is 0 Å². The molecule has 6 heteroatoms. The number of alkyl halides is 1. The summed E-state index contributed by atoms with van der Waals surface area (Å²) in [5.74, 6) is -0.174. The molecule has 0 unspecified atom stereocenters. The Morgan fingerprint density at radius 2 is 2.05 bits per heavy atom. The molecule has 0 bridgehead atoms. The zero-order chi connectivity index (χ0) is 15.5. The molecular weight excluding hydrogens is 292 g/mol. The van der Waals surface area contributed by atoms with Crippen LogP contribution in [0.25, 0.3) is 0 Å². The normalized spacial score (nSPS) is 10.2. The molecule has 0 aliphatic rings. The lowest BCUT2D eigenvalue weighted by molar-refractivity contribution is -0.115. The Balaban J connectivity index is 2.56. The van der Waals surface area contributed by atoms with Crippen LogP contribution in [0.4, 0.5) is 5.69 Å². The molecule has 0 atom stereocenters. The van der Waals surface area contributed by atoms with Gasteiger partial charge in [0.1, 0.15) is 0 Å². The molecule has 1 aromatic rings. The zero-order valence-corrected chi connectivity index (χ0v) is 12.9. The molecule has 2 amide bonds. The minimum atomic E-state index is -0.215. The van der Waals surface area contributed by atoms with Crippen LogP contribution in [-0.4, -0.2) is 37.5 Å². The predicted molar refractivity (Wildman–Crippen MR) is 83.9 cm³/mol. The van der Waals surface area contributed by atoms with Gasteiger partial charge < -0.3 is 15.4 Å². The number of rotatable bonds is 9. The Kier molecular flexibility index (Phi) is 8.47. The van der Waals surface area contributed by atoms with Crippen LogP contribution in [0.15, 0.2) is 24.3 Å². The summed E-state index contributed by atoms with van der Waals surface area (Å²) in [6.07, 6.45) is 0.965. The predicted octanol–water partition coefficient (Wildman–Crippen LogP) is 2.41. The van der Waals surface area contributed by atoms with Gasteiger partial charge in [-0.15, -0.1) is 11.6 Å². The topological polar surface area (TPSA) is 67.4 Å². The van der Waals surface area contributed by atoms with Crippen molar-refractivity contribution >= 4 is 29.1 Å². The number of carbonyl (C=O) groups excluding carboxylic acids is 2. The minimum Gasteiger partial charge on any atom is -0.382 e. The third-order valence-electron chi connectivity index (χ3n) is 2.72. The third-order valence-corrected chi connectivity index (χ3v) is 2.91. The lowest BCUT2D eigenvalue weighted by Crippen LogP contribution is -2.26. The second-order valence-corrected chi connectivity index (χ2v) is 4.72. The maximum absolute atomic E-state index is 12.1. The number of nitrogens with one attached hydrogen (secondary N) is 2. The van der Waals surface area contributed by atoms with Gasteiger partial charge in [0.15, 0.2) is 0 Å². The highest BCUT2D eigenvalue weighted by Gasteiger charge is 2.12. The van der Waals surface area contributed by atoms with E-state index in [2.05, 4.69) is 10.6 Å². The average molecular weight is 313 g/mol. The number of para-hydroxylation sites is 1. The first-order chi connectivity index (χ1) is 10.2. The number of carbonyl (C=O) groups is 2. The average Bonchev–Trinajstić information content (AvgIpc) is 2.47. The Bertz CT molecular complexity index is 466. The maximum Gasteiger partial charge on any atom is 0.253 e. The van der Waals surface area contributed by atoms with E-state index in [1.54, 1.807) is 24.3 Å². The summed E-state index contributed by atoms with van der Waals surface area (Å²) in [5.41, 5.74) is 0.937. The van der Waals surface area contributed by atoms with Crippen molar-refractivity contribution in [3.63, 3.8) is 0 Å². The highest BCUT2D eigenvalue weighted by Crippen LogP contribution is 2.15. The van der Waals surface area contributed by atoms with Crippen LogP contribution in [-0.2, 0) is 9.53 Å². The van der Waals surface area contributed by atoms with Gasteiger partial charge in [0.05, 0.1) is 11.3 Å². The van der Waals surface area contributed by atoms with Crippen LogP contribution in [0, 0.1) is 0 Å². The fourth-order valence-corrected chi connectivity index (χ4v) is 1.88. The summed E-state index contributed by atoms with van der Waals surface area (Å²) in [5, 5.41) is 5.50. The monoisotopic (exact) mass is 312 g/mol. The Labute approximate surface area is 130 Å². The summed E-state index contributed by atoms with van der Waals surface area (Å²) in [6, 6.07) is 6.89. The number of halogens is 1. The van der Waals surface area contributed by atoms with Gasteiger partial charge in [-0.05, 0) is 25.5 Å². The van der Waals surface area contributed by atoms with Crippen molar-refractivity contribution in [3.8, 4) is 0 Å². The Morgan fingerprint density at radius 1 is 1.29 bits per heavy atom. The molecule has 2 N–H and O–H groups in total.